The van der Waals surface area contributed by atoms with Gasteiger partial charge in [-0.25, -0.2) is 0 Å². The maximum atomic E-state index is 10.8. The average molecular weight is 234 g/mol. The fourth-order valence-corrected chi connectivity index (χ4v) is 1.85. The van der Waals surface area contributed by atoms with Gasteiger partial charge < -0.3 is 14.6 Å². The summed E-state index contributed by atoms with van der Waals surface area (Å²) < 4.78 is 10.2. The third kappa shape index (κ3) is 3.24. The third-order valence-electron chi connectivity index (χ3n) is 2.64. The second-order valence-electron chi connectivity index (χ2n) is 3.93. The Morgan fingerprint density at radius 1 is 1.35 bits per heavy atom. The van der Waals surface area contributed by atoms with Crippen molar-refractivity contribution in [1.82, 2.24) is 0 Å². The summed E-state index contributed by atoms with van der Waals surface area (Å²) in [6.45, 7) is 0.181. The zero-order chi connectivity index (χ0) is 12.1. The zero-order valence-electron chi connectivity index (χ0n) is 9.33. The highest BCUT2D eigenvalue weighted by Gasteiger charge is 2.23. The molecule has 0 aliphatic carbocycles. The van der Waals surface area contributed by atoms with Crippen LogP contribution in [0.3, 0.4) is 0 Å². The van der Waals surface area contributed by atoms with Crippen molar-refractivity contribution in [3.8, 4) is 0 Å². The molecular weight excluding hydrogens is 220 g/mol. The predicted octanol–water partition coefficient (Wildman–Crippen LogP) is 2.17. The molecule has 17 heavy (non-hydrogen) atoms. The van der Waals surface area contributed by atoms with E-state index in [1.165, 1.54) is 6.26 Å². The summed E-state index contributed by atoms with van der Waals surface area (Å²) in [5.74, 6) is -0.379. The number of hydrogen-bond acceptors (Lipinski definition) is 3. The van der Waals surface area contributed by atoms with Crippen molar-refractivity contribution in [1.29, 1.82) is 0 Å². The second-order valence-corrected chi connectivity index (χ2v) is 3.93. The minimum atomic E-state index is -0.831. The van der Waals surface area contributed by atoms with E-state index < -0.39 is 5.97 Å². The van der Waals surface area contributed by atoms with Gasteiger partial charge in [0.15, 0.2) is 0 Å². The molecule has 0 amide bonds. The van der Waals surface area contributed by atoms with Gasteiger partial charge in [0.25, 0.3) is 0 Å². The van der Waals surface area contributed by atoms with Crippen LogP contribution >= 0.6 is 0 Å². The summed E-state index contributed by atoms with van der Waals surface area (Å²) in [7, 11) is 0. The number of aliphatic carboxylic acids is 1. The van der Waals surface area contributed by atoms with Crippen molar-refractivity contribution < 1.29 is 19.4 Å². The highest BCUT2D eigenvalue weighted by atomic mass is 16.7. The molecule has 2 rings (SSSR count). The number of allylic oxidation sites excluding steroid dienone is 1. The number of rotatable bonds is 5. The Balaban J connectivity index is 2.08. The molecule has 1 heterocycles. The Bertz CT molecular complexity index is 411. The minimum absolute atomic E-state index is 0.0457. The Labute approximate surface area is 99.5 Å². The SMILES string of the molecule is O=C(O)CC(Cc1ccccc1)C1=COCO1. The summed E-state index contributed by atoms with van der Waals surface area (Å²) in [5.41, 5.74) is 1.09. The summed E-state index contributed by atoms with van der Waals surface area (Å²) in [5, 5.41) is 8.90. The fraction of sp³-hybridized carbons (Fsp3) is 0.308. The number of carbonyl (C=O) groups is 1. The number of hydrogen-bond donors (Lipinski definition) is 1. The quantitative estimate of drug-likeness (QED) is 0.848. The number of ether oxygens (including phenoxy) is 2. The van der Waals surface area contributed by atoms with Crippen LogP contribution in [0.1, 0.15) is 12.0 Å². The molecule has 1 aromatic carbocycles. The summed E-state index contributed by atoms with van der Waals surface area (Å²) in [6.07, 6.45) is 2.20. The lowest BCUT2D eigenvalue weighted by molar-refractivity contribution is -0.138. The van der Waals surface area contributed by atoms with Crippen molar-refractivity contribution in [2.45, 2.75) is 12.8 Å². The van der Waals surface area contributed by atoms with Crippen LogP contribution in [0.4, 0.5) is 0 Å². The number of carboxylic acids is 1. The van der Waals surface area contributed by atoms with Crippen LogP contribution in [0.25, 0.3) is 0 Å². The molecule has 0 aromatic heterocycles. The largest absolute Gasteiger partial charge is 0.481 e. The van der Waals surface area contributed by atoms with E-state index in [0.29, 0.717) is 12.2 Å². The molecule has 0 radical (unpaired) electrons. The fourth-order valence-electron chi connectivity index (χ4n) is 1.85. The highest BCUT2D eigenvalue weighted by molar-refractivity contribution is 5.67. The van der Waals surface area contributed by atoms with Gasteiger partial charge in [-0.3, -0.25) is 4.79 Å². The molecule has 1 unspecified atom stereocenters. The zero-order valence-corrected chi connectivity index (χ0v) is 9.33. The van der Waals surface area contributed by atoms with Gasteiger partial charge in [0.05, 0.1) is 6.42 Å². The Morgan fingerprint density at radius 2 is 2.12 bits per heavy atom. The lowest BCUT2D eigenvalue weighted by Gasteiger charge is -2.14. The molecule has 1 aliphatic rings. The first-order chi connectivity index (χ1) is 8.25. The highest BCUT2D eigenvalue weighted by Crippen LogP contribution is 2.24. The predicted molar refractivity (Wildman–Crippen MR) is 61.0 cm³/mol. The molecule has 1 aromatic rings. The molecule has 4 heteroatoms. The van der Waals surface area contributed by atoms with Crippen LogP contribution in [0, 0.1) is 5.92 Å². The molecule has 0 fully saturated rings. The molecule has 0 bridgehead atoms. The van der Waals surface area contributed by atoms with Gasteiger partial charge >= 0.3 is 5.97 Å². The van der Waals surface area contributed by atoms with Crippen molar-refractivity contribution in [2.75, 3.05) is 6.79 Å². The molecule has 90 valence electrons. The van der Waals surface area contributed by atoms with Crippen LogP contribution in [0.15, 0.2) is 42.4 Å². The monoisotopic (exact) mass is 234 g/mol. The topological polar surface area (TPSA) is 55.8 Å². The van der Waals surface area contributed by atoms with Crippen LogP contribution in [0.5, 0.6) is 0 Å². The third-order valence-corrected chi connectivity index (χ3v) is 2.64. The van der Waals surface area contributed by atoms with Gasteiger partial charge in [-0.2, -0.15) is 0 Å². The minimum Gasteiger partial charge on any atom is -0.481 e. The van der Waals surface area contributed by atoms with Crippen molar-refractivity contribution in [3.05, 3.63) is 47.9 Å². The van der Waals surface area contributed by atoms with E-state index in [4.69, 9.17) is 14.6 Å². The average Bonchev–Trinajstić information content (AvgIpc) is 2.82. The normalized spacial score (nSPS) is 15.6. The Hall–Kier alpha value is -1.97. The van der Waals surface area contributed by atoms with Crippen molar-refractivity contribution in [2.24, 2.45) is 5.92 Å². The summed E-state index contributed by atoms with van der Waals surface area (Å²) in [6, 6.07) is 9.77. The Morgan fingerprint density at radius 3 is 2.71 bits per heavy atom. The lowest BCUT2D eigenvalue weighted by Crippen LogP contribution is -2.14. The Kier molecular flexibility index (Phi) is 3.65. The lowest BCUT2D eigenvalue weighted by atomic mass is 9.94. The molecule has 0 saturated carbocycles. The first-order valence-corrected chi connectivity index (χ1v) is 5.46. The molecule has 1 atom stereocenters. The standard InChI is InChI=1S/C13H14O4/c14-13(15)7-11(12-8-16-9-17-12)6-10-4-2-1-3-5-10/h1-5,8,11H,6-7,9H2,(H,14,15). The van der Waals surface area contributed by atoms with Gasteiger partial charge in [0, 0.05) is 5.92 Å². The van der Waals surface area contributed by atoms with E-state index in [1.54, 1.807) is 0 Å². The van der Waals surface area contributed by atoms with E-state index in [2.05, 4.69) is 0 Å². The molecule has 4 nitrogen and oxygen atoms in total. The van der Waals surface area contributed by atoms with E-state index in [1.807, 2.05) is 30.3 Å². The van der Waals surface area contributed by atoms with Gasteiger partial charge in [-0.1, -0.05) is 30.3 Å². The van der Waals surface area contributed by atoms with E-state index in [9.17, 15) is 4.79 Å². The van der Waals surface area contributed by atoms with E-state index in [0.717, 1.165) is 5.56 Å². The van der Waals surface area contributed by atoms with Gasteiger partial charge in [-0.15, -0.1) is 0 Å². The molecule has 0 spiro atoms. The summed E-state index contributed by atoms with van der Waals surface area (Å²) >= 11 is 0. The maximum Gasteiger partial charge on any atom is 0.304 e. The molecule has 1 N–H and O–H groups in total. The van der Waals surface area contributed by atoms with Crippen LogP contribution < -0.4 is 0 Å². The summed E-state index contributed by atoms with van der Waals surface area (Å²) in [4.78, 5) is 10.8. The van der Waals surface area contributed by atoms with Crippen molar-refractivity contribution >= 4 is 5.97 Å². The van der Waals surface area contributed by atoms with Crippen LogP contribution in [-0.2, 0) is 20.7 Å². The van der Waals surface area contributed by atoms with Gasteiger partial charge in [0.1, 0.15) is 12.0 Å². The molecule has 0 saturated heterocycles. The number of carboxylic acid groups (broad SMARTS) is 1. The van der Waals surface area contributed by atoms with Gasteiger partial charge in [-0.05, 0) is 12.0 Å². The van der Waals surface area contributed by atoms with Crippen molar-refractivity contribution in [3.63, 3.8) is 0 Å². The van der Waals surface area contributed by atoms with Gasteiger partial charge in [0.2, 0.25) is 6.79 Å². The van der Waals surface area contributed by atoms with Crippen LogP contribution in [0.2, 0.25) is 0 Å². The molecule has 1 aliphatic heterocycles. The van der Waals surface area contributed by atoms with E-state index >= 15 is 0 Å². The van der Waals surface area contributed by atoms with E-state index in [-0.39, 0.29) is 19.1 Å². The van der Waals surface area contributed by atoms with Crippen LogP contribution in [-0.4, -0.2) is 17.9 Å². The second kappa shape index (κ2) is 5.39. The molecular formula is C13H14O4. The first-order valence-electron chi connectivity index (χ1n) is 5.46. The number of benzene rings is 1. The smallest absolute Gasteiger partial charge is 0.304 e. The maximum absolute atomic E-state index is 10.8. The first kappa shape index (κ1) is 11.5.